The van der Waals surface area contributed by atoms with Gasteiger partial charge in [-0.1, -0.05) is 53.7 Å². The standard InChI is InChI=1S/C25H24N4O3/c30-24(16-27-25(31)22-14-23(32-28-22)18-6-2-1-3-7-18)29-12-10-17(11-13-29)20-15-26-21-9-5-4-8-19(20)21/h1-9,14-15,17,26H,10-13,16H2,(H,27,31). The molecule has 2 N–H and O–H groups in total. The molecule has 0 radical (unpaired) electrons. The molecule has 7 nitrogen and oxygen atoms in total. The number of H-pyrrole nitrogens is 1. The SMILES string of the molecule is O=C(NCC(=O)N1CCC(c2c[nH]c3ccccc23)CC1)c1cc(-c2ccccc2)on1. The first-order chi connectivity index (χ1) is 15.7. The van der Waals surface area contributed by atoms with Gasteiger partial charge in [-0.05, 0) is 30.4 Å². The first kappa shape index (κ1) is 20.1. The van der Waals surface area contributed by atoms with Crippen molar-refractivity contribution in [1.82, 2.24) is 20.4 Å². The third kappa shape index (κ3) is 4.01. The predicted octanol–water partition coefficient (Wildman–Crippen LogP) is 3.96. The second kappa shape index (κ2) is 8.70. The van der Waals surface area contributed by atoms with Crippen LogP contribution in [0.3, 0.4) is 0 Å². The maximum absolute atomic E-state index is 12.6. The van der Waals surface area contributed by atoms with Gasteiger partial charge < -0.3 is 19.7 Å². The zero-order chi connectivity index (χ0) is 21.9. The quantitative estimate of drug-likeness (QED) is 0.503. The molecule has 0 spiro atoms. The van der Waals surface area contributed by atoms with Crippen LogP contribution < -0.4 is 5.32 Å². The van der Waals surface area contributed by atoms with Crippen LogP contribution in [0.4, 0.5) is 0 Å². The minimum atomic E-state index is -0.419. The number of para-hydroxylation sites is 1. The van der Waals surface area contributed by atoms with E-state index >= 15 is 0 Å². The van der Waals surface area contributed by atoms with E-state index in [1.807, 2.05) is 41.3 Å². The van der Waals surface area contributed by atoms with Crippen LogP contribution in [-0.4, -0.2) is 46.5 Å². The van der Waals surface area contributed by atoms with Crippen LogP contribution >= 0.6 is 0 Å². The number of nitrogens with one attached hydrogen (secondary N) is 2. The van der Waals surface area contributed by atoms with Crippen LogP contribution in [0.15, 0.2) is 71.4 Å². The van der Waals surface area contributed by atoms with Crippen molar-refractivity contribution in [3.8, 4) is 11.3 Å². The summed E-state index contributed by atoms with van der Waals surface area (Å²) in [7, 11) is 0. The number of aromatic amines is 1. The summed E-state index contributed by atoms with van der Waals surface area (Å²) in [5.41, 5.74) is 3.47. The summed E-state index contributed by atoms with van der Waals surface area (Å²) in [5, 5.41) is 7.75. The first-order valence-electron chi connectivity index (χ1n) is 10.8. The molecule has 162 valence electrons. The molecule has 1 fully saturated rings. The number of carbonyl (C=O) groups is 2. The number of fused-ring (bicyclic) bond motifs is 1. The van der Waals surface area contributed by atoms with Gasteiger partial charge in [0.15, 0.2) is 11.5 Å². The average molecular weight is 428 g/mol. The molecule has 1 aliphatic heterocycles. The highest BCUT2D eigenvalue weighted by atomic mass is 16.5. The lowest BCUT2D eigenvalue weighted by Crippen LogP contribution is -2.43. The highest BCUT2D eigenvalue weighted by Crippen LogP contribution is 2.33. The molecule has 2 aromatic heterocycles. The van der Waals surface area contributed by atoms with Crippen LogP contribution in [0.2, 0.25) is 0 Å². The number of nitrogens with zero attached hydrogens (tertiary/aromatic N) is 2. The number of piperidine rings is 1. The molecule has 3 heterocycles. The summed E-state index contributed by atoms with van der Waals surface area (Å²) in [4.78, 5) is 30.2. The monoisotopic (exact) mass is 428 g/mol. The van der Waals surface area contributed by atoms with E-state index in [4.69, 9.17) is 4.52 Å². The van der Waals surface area contributed by atoms with E-state index in [2.05, 4.69) is 39.9 Å². The topological polar surface area (TPSA) is 91.2 Å². The Balaban J connectivity index is 1.14. The summed E-state index contributed by atoms with van der Waals surface area (Å²) >= 11 is 0. The average Bonchev–Trinajstić information content (AvgIpc) is 3.51. The molecular weight excluding hydrogens is 404 g/mol. The van der Waals surface area contributed by atoms with Crippen molar-refractivity contribution in [3.05, 3.63) is 78.1 Å². The van der Waals surface area contributed by atoms with Gasteiger partial charge in [-0.2, -0.15) is 0 Å². The Morgan fingerprint density at radius 3 is 2.62 bits per heavy atom. The number of likely N-dealkylation sites (tertiary alicyclic amines) is 1. The number of hydrogen-bond donors (Lipinski definition) is 2. The molecule has 4 aromatic rings. The number of rotatable bonds is 5. The largest absolute Gasteiger partial charge is 0.361 e. The maximum Gasteiger partial charge on any atom is 0.273 e. The molecule has 7 heteroatoms. The van der Waals surface area contributed by atoms with Crippen molar-refractivity contribution in [1.29, 1.82) is 0 Å². The van der Waals surface area contributed by atoms with Crippen LogP contribution in [0.25, 0.3) is 22.2 Å². The van der Waals surface area contributed by atoms with Crippen molar-refractivity contribution < 1.29 is 14.1 Å². The van der Waals surface area contributed by atoms with Gasteiger partial charge in [0, 0.05) is 41.8 Å². The Labute approximate surface area is 185 Å². The van der Waals surface area contributed by atoms with Gasteiger partial charge in [-0.25, -0.2) is 0 Å². The van der Waals surface area contributed by atoms with Gasteiger partial charge in [0.05, 0.1) is 6.54 Å². The number of benzene rings is 2. The summed E-state index contributed by atoms with van der Waals surface area (Å²) < 4.78 is 5.26. The third-order valence-corrected chi connectivity index (χ3v) is 6.11. The van der Waals surface area contributed by atoms with Crippen molar-refractivity contribution >= 4 is 22.7 Å². The van der Waals surface area contributed by atoms with Crippen LogP contribution in [0.1, 0.15) is 34.8 Å². The van der Waals surface area contributed by atoms with Gasteiger partial charge >= 0.3 is 0 Å². The molecule has 0 aliphatic carbocycles. The second-order valence-corrected chi connectivity index (χ2v) is 8.07. The summed E-state index contributed by atoms with van der Waals surface area (Å²) in [6.07, 6.45) is 3.91. The molecule has 0 saturated carbocycles. The second-order valence-electron chi connectivity index (χ2n) is 8.07. The Hall–Kier alpha value is -3.87. The molecule has 0 bridgehead atoms. The van der Waals surface area contributed by atoms with Gasteiger partial charge in [0.2, 0.25) is 5.91 Å². The minimum Gasteiger partial charge on any atom is -0.361 e. The van der Waals surface area contributed by atoms with Crippen molar-refractivity contribution in [2.24, 2.45) is 0 Å². The molecule has 5 rings (SSSR count). The smallest absolute Gasteiger partial charge is 0.273 e. The van der Waals surface area contributed by atoms with Crippen molar-refractivity contribution in [3.63, 3.8) is 0 Å². The van der Waals surface area contributed by atoms with Gasteiger partial charge in [-0.3, -0.25) is 9.59 Å². The Morgan fingerprint density at radius 1 is 1.06 bits per heavy atom. The van der Waals surface area contributed by atoms with E-state index in [0.717, 1.165) is 23.9 Å². The molecule has 0 unspecified atom stereocenters. The molecule has 1 aliphatic rings. The van der Waals surface area contributed by atoms with Gasteiger partial charge in [0.1, 0.15) is 0 Å². The third-order valence-electron chi connectivity index (χ3n) is 6.11. The maximum atomic E-state index is 12.6. The van der Waals surface area contributed by atoms with E-state index in [-0.39, 0.29) is 18.1 Å². The zero-order valence-corrected chi connectivity index (χ0v) is 17.6. The highest BCUT2D eigenvalue weighted by molar-refractivity contribution is 5.95. The van der Waals surface area contributed by atoms with E-state index < -0.39 is 5.91 Å². The van der Waals surface area contributed by atoms with E-state index in [1.165, 1.54) is 10.9 Å². The fraction of sp³-hybridized carbons (Fsp3) is 0.240. The lowest BCUT2D eigenvalue weighted by atomic mass is 9.89. The van der Waals surface area contributed by atoms with Crippen LogP contribution in [-0.2, 0) is 4.79 Å². The normalized spacial score (nSPS) is 14.6. The Morgan fingerprint density at radius 2 is 1.81 bits per heavy atom. The molecule has 1 saturated heterocycles. The molecular formula is C25H24N4O3. The van der Waals surface area contributed by atoms with Crippen LogP contribution in [0.5, 0.6) is 0 Å². The number of carbonyl (C=O) groups excluding carboxylic acids is 2. The van der Waals surface area contributed by atoms with E-state index in [1.54, 1.807) is 6.07 Å². The highest BCUT2D eigenvalue weighted by Gasteiger charge is 2.26. The summed E-state index contributed by atoms with van der Waals surface area (Å²) in [5.74, 6) is 0.443. The molecule has 32 heavy (non-hydrogen) atoms. The van der Waals surface area contributed by atoms with Gasteiger partial charge in [0.25, 0.3) is 5.91 Å². The zero-order valence-electron chi connectivity index (χ0n) is 17.6. The Kier molecular flexibility index (Phi) is 5.46. The summed E-state index contributed by atoms with van der Waals surface area (Å²) in [6.45, 7) is 1.31. The van der Waals surface area contributed by atoms with Gasteiger partial charge in [-0.15, -0.1) is 0 Å². The molecule has 2 amide bonds. The number of aromatic nitrogens is 2. The Bertz CT molecular complexity index is 1240. The number of amides is 2. The van der Waals surface area contributed by atoms with Crippen molar-refractivity contribution in [2.45, 2.75) is 18.8 Å². The number of hydrogen-bond acceptors (Lipinski definition) is 4. The fourth-order valence-corrected chi connectivity index (χ4v) is 4.35. The van der Waals surface area contributed by atoms with Crippen molar-refractivity contribution in [2.75, 3.05) is 19.6 Å². The lowest BCUT2D eigenvalue weighted by Gasteiger charge is -2.32. The lowest BCUT2D eigenvalue weighted by molar-refractivity contribution is -0.131. The molecule has 0 atom stereocenters. The predicted molar refractivity (Wildman–Crippen MR) is 121 cm³/mol. The summed E-state index contributed by atoms with van der Waals surface area (Å²) in [6, 6.07) is 19.3. The van der Waals surface area contributed by atoms with Crippen LogP contribution in [0, 0.1) is 0 Å². The first-order valence-corrected chi connectivity index (χ1v) is 10.8. The minimum absolute atomic E-state index is 0.0515. The molecule has 2 aromatic carbocycles. The fourth-order valence-electron chi connectivity index (χ4n) is 4.35. The van der Waals surface area contributed by atoms with E-state index in [9.17, 15) is 9.59 Å². The van der Waals surface area contributed by atoms with E-state index in [0.29, 0.717) is 24.8 Å².